The molecule has 2 rings (SSSR count). The maximum absolute atomic E-state index is 12.0. The van der Waals surface area contributed by atoms with Gasteiger partial charge in [-0.05, 0) is 6.92 Å². The van der Waals surface area contributed by atoms with Crippen LogP contribution in [0.5, 0.6) is 0 Å². The van der Waals surface area contributed by atoms with Crippen LogP contribution in [0.25, 0.3) is 10.6 Å². The van der Waals surface area contributed by atoms with Crippen molar-refractivity contribution in [1.29, 1.82) is 0 Å². The van der Waals surface area contributed by atoms with Crippen LogP contribution < -0.4 is 10.6 Å². The Kier molecular flexibility index (Phi) is 5.15. The average Bonchev–Trinajstić information content (AvgIpc) is 2.86. The number of hydrogen-bond donors (Lipinski definition) is 2. The van der Waals surface area contributed by atoms with E-state index in [2.05, 4.69) is 15.6 Å². The van der Waals surface area contributed by atoms with Crippen molar-refractivity contribution in [3.05, 3.63) is 36.0 Å². The number of carbonyl (C=O) groups is 2. The second-order valence-corrected chi connectivity index (χ2v) is 7.28. The third-order valence-corrected chi connectivity index (χ3v) is 4.28. The van der Waals surface area contributed by atoms with Gasteiger partial charge < -0.3 is 10.6 Å². The van der Waals surface area contributed by atoms with Gasteiger partial charge in [-0.3, -0.25) is 9.59 Å². The smallest absolute Gasteiger partial charge is 0.244 e. The number of amides is 2. The van der Waals surface area contributed by atoms with E-state index >= 15 is 0 Å². The Balaban J connectivity index is 1.99. The van der Waals surface area contributed by atoms with Gasteiger partial charge in [-0.15, -0.1) is 0 Å². The summed E-state index contributed by atoms with van der Waals surface area (Å²) in [6.07, 6.45) is 0. The van der Waals surface area contributed by atoms with Gasteiger partial charge in [0.05, 0.1) is 12.2 Å². The summed E-state index contributed by atoms with van der Waals surface area (Å²) in [7, 11) is 0. The molecule has 0 atom stereocenters. The molecule has 0 aliphatic carbocycles. The summed E-state index contributed by atoms with van der Waals surface area (Å²) < 4.78 is 0. The molecule has 0 saturated heterocycles. The molecule has 1 heterocycles. The van der Waals surface area contributed by atoms with Gasteiger partial charge in [-0.25, -0.2) is 4.98 Å². The third kappa shape index (κ3) is 4.63. The van der Waals surface area contributed by atoms with E-state index in [1.807, 2.05) is 37.3 Å². The first kappa shape index (κ1) is 17.1. The number of hydrogen-bond acceptors (Lipinski definition) is 4. The topological polar surface area (TPSA) is 71.1 Å². The monoisotopic (exact) mass is 331 g/mol. The van der Waals surface area contributed by atoms with Crippen molar-refractivity contribution in [2.75, 3.05) is 11.9 Å². The van der Waals surface area contributed by atoms with E-state index in [9.17, 15) is 9.59 Å². The molecule has 0 unspecified atom stereocenters. The molecule has 0 saturated carbocycles. The van der Waals surface area contributed by atoms with Crippen molar-refractivity contribution in [2.45, 2.75) is 27.7 Å². The van der Waals surface area contributed by atoms with E-state index < -0.39 is 5.41 Å². The van der Waals surface area contributed by atoms with Crippen LogP contribution in [0.2, 0.25) is 0 Å². The predicted molar refractivity (Wildman–Crippen MR) is 93.4 cm³/mol. The number of aryl methyl sites for hydroxylation is 1. The van der Waals surface area contributed by atoms with Crippen molar-refractivity contribution in [1.82, 2.24) is 10.3 Å². The van der Waals surface area contributed by atoms with E-state index in [0.29, 0.717) is 5.00 Å². The molecule has 0 aliphatic heterocycles. The highest BCUT2D eigenvalue weighted by Gasteiger charge is 2.21. The molecule has 2 aromatic rings. The Morgan fingerprint density at radius 1 is 1.17 bits per heavy atom. The highest BCUT2D eigenvalue weighted by atomic mass is 32.1. The summed E-state index contributed by atoms with van der Waals surface area (Å²) in [5.41, 5.74) is 1.27. The Morgan fingerprint density at radius 2 is 1.83 bits per heavy atom. The van der Waals surface area contributed by atoms with Gasteiger partial charge in [-0.2, -0.15) is 0 Å². The zero-order chi connectivity index (χ0) is 17.0. The molecular weight excluding hydrogens is 310 g/mol. The second-order valence-electron chi connectivity index (χ2n) is 6.28. The third-order valence-electron chi connectivity index (χ3n) is 3.16. The fraction of sp³-hybridized carbons (Fsp3) is 0.353. The van der Waals surface area contributed by atoms with E-state index in [0.717, 1.165) is 16.3 Å². The molecule has 0 bridgehead atoms. The first-order chi connectivity index (χ1) is 10.8. The highest BCUT2D eigenvalue weighted by molar-refractivity contribution is 7.19. The Bertz CT molecular complexity index is 702. The number of benzene rings is 1. The van der Waals surface area contributed by atoms with Crippen LogP contribution in [0.3, 0.4) is 0 Å². The van der Waals surface area contributed by atoms with Gasteiger partial charge in [0, 0.05) is 11.0 Å². The molecular formula is C17H21N3O2S. The molecule has 0 spiro atoms. The number of rotatable bonds is 4. The van der Waals surface area contributed by atoms with Crippen molar-refractivity contribution in [3.8, 4) is 10.6 Å². The summed E-state index contributed by atoms with van der Waals surface area (Å²) in [6, 6.07) is 9.81. The first-order valence-electron chi connectivity index (χ1n) is 7.38. The summed E-state index contributed by atoms with van der Waals surface area (Å²) in [5, 5.41) is 7.01. The Hall–Kier alpha value is -2.21. The predicted octanol–water partition coefficient (Wildman–Crippen LogP) is 3.22. The standard InChI is InChI=1S/C17H21N3O2S/c1-11-14(20-13(21)10-18-16(22)17(2,3)4)23-15(19-11)12-8-6-5-7-9-12/h5-9H,10H2,1-4H3,(H,18,22)(H,20,21). The molecule has 2 amide bonds. The molecule has 122 valence electrons. The van der Waals surface area contributed by atoms with E-state index in [1.54, 1.807) is 20.8 Å². The van der Waals surface area contributed by atoms with Crippen LogP contribution in [0.1, 0.15) is 26.5 Å². The van der Waals surface area contributed by atoms with Gasteiger partial charge in [0.2, 0.25) is 11.8 Å². The molecule has 23 heavy (non-hydrogen) atoms. The zero-order valence-corrected chi connectivity index (χ0v) is 14.6. The van der Waals surface area contributed by atoms with Crippen molar-refractivity contribution >= 4 is 28.2 Å². The van der Waals surface area contributed by atoms with Crippen LogP contribution in [0.15, 0.2) is 30.3 Å². The molecule has 2 N–H and O–H groups in total. The molecule has 1 aromatic heterocycles. The summed E-state index contributed by atoms with van der Waals surface area (Å²) in [4.78, 5) is 28.3. The highest BCUT2D eigenvalue weighted by Crippen LogP contribution is 2.31. The van der Waals surface area contributed by atoms with Gasteiger partial charge in [0.1, 0.15) is 10.0 Å². The SMILES string of the molecule is Cc1nc(-c2ccccc2)sc1NC(=O)CNC(=O)C(C)(C)C. The minimum absolute atomic E-state index is 0.0475. The number of nitrogens with one attached hydrogen (secondary N) is 2. The lowest BCUT2D eigenvalue weighted by molar-refractivity contribution is -0.130. The Labute approximate surface area is 140 Å². The Morgan fingerprint density at radius 3 is 2.43 bits per heavy atom. The maximum Gasteiger partial charge on any atom is 0.244 e. The lowest BCUT2D eigenvalue weighted by Gasteiger charge is -2.17. The largest absolute Gasteiger partial charge is 0.347 e. The van der Waals surface area contributed by atoms with E-state index in [4.69, 9.17) is 0 Å². The normalized spacial score (nSPS) is 11.1. The molecule has 0 aliphatic rings. The van der Waals surface area contributed by atoms with Gasteiger partial charge in [-0.1, -0.05) is 62.4 Å². The number of thiazole rings is 1. The van der Waals surface area contributed by atoms with Crippen molar-refractivity contribution < 1.29 is 9.59 Å². The van der Waals surface area contributed by atoms with Gasteiger partial charge in [0.15, 0.2) is 0 Å². The lowest BCUT2D eigenvalue weighted by atomic mass is 9.96. The van der Waals surface area contributed by atoms with Gasteiger partial charge >= 0.3 is 0 Å². The number of anilines is 1. The molecule has 1 aromatic carbocycles. The van der Waals surface area contributed by atoms with Crippen molar-refractivity contribution in [3.63, 3.8) is 0 Å². The number of carbonyl (C=O) groups excluding carboxylic acids is 2. The van der Waals surface area contributed by atoms with Crippen LogP contribution in [0.4, 0.5) is 5.00 Å². The summed E-state index contributed by atoms with van der Waals surface area (Å²) >= 11 is 1.42. The van der Waals surface area contributed by atoms with Crippen LogP contribution in [-0.4, -0.2) is 23.3 Å². The van der Waals surface area contributed by atoms with Crippen LogP contribution >= 0.6 is 11.3 Å². The van der Waals surface area contributed by atoms with Crippen LogP contribution in [-0.2, 0) is 9.59 Å². The molecule has 0 radical (unpaired) electrons. The van der Waals surface area contributed by atoms with E-state index in [1.165, 1.54) is 11.3 Å². The number of aromatic nitrogens is 1. The van der Waals surface area contributed by atoms with E-state index in [-0.39, 0.29) is 18.4 Å². The first-order valence-corrected chi connectivity index (χ1v) is 8.20. The average molecular weight is 331 g/mol. The summed E-state index contributed by atoms with van der Waals surface area (Å²) in [6.45, 7) is 7.22. The quantitative estimate of drug-likeness (QED) is 0.903. The minimum Gasteiger partial charge on any atom is -0.347 e. The minimum atomic E-state index is -0.513. The maximum atomic E-state index is 12.0. The fourth-order valence-electron chi connectivity index (χ4n) is 1.81. The summed E-state index contributed by atoms with van der Waals surface area (Å²) in [5.74, 6) is -0.410. The number of nitrogens with zero attached hydrogens (tertiary/aromatic N) is 1. The van der Waals surface area contributed by atoms with Crippen molar-refractivity contribution in [2.24, 2.45) is 5.41 Å². The van der Waals surface area contributed by atoms with Crippen LogP contribution in [0, 0.1) is 12.3 Å². The zero-order valence-electron chi connectivity index (χ0n) is 13.8. The molecule has 0 fully saturated rings. The molecule has 5 nitrogen and oxygen atoms in total. The van der Waals surface area contributed by atoms with Gasteiger partial charge in [0.25, 0.3) is 0 Å². The second kappa shape index (κ2) is 6.91. The molecule has 6 heteroatoms. The fourth-order valence-corrected chi connectivity index (χ4v) is 2.80. The lowest BCUT2D eigenvalue weighted by Crippen LogP contribution is -2.39.